The Balaban J connectivity index is 1.45. The minimum absolute atomic E-state index is 0.129. The van der Waals surface area contributed by atoms with Crippen LogP contribution < -0.4 is 10.3 Å². The number of aryl methyl sites for hydroxylation is 1. The molecule has 0 unspecified atom stereocenters. The Labute approximate surface area is 175 Å². The lowest BCUT2D eigenvalue weighted by Crippen LogP contribution is -2.46. The molecule has 3 aromatic rings. The van der Waals surface area contributed by atoms with Gasteiger partial charge < -0.3 is 9.64 Å². The fourth-order valence-corrected chi connectivity index (χ4v) is 4.58. The van der Waals surface area contributed by atoms with Gasteiger partial charge in [-0.1, -0.05) is 18.6 Å². The van der Waals surface area contributed by atoms with Gasteiger partial charge in [-0.05, 0) is 62.9 Å². The summed E-state index contributed by atoms with van der Waals surface area (Å²) in [5.74, 6) is 0.775. The number of nitrogens with zero attached hydrogens (tertiary/aromatic N) is 3. The maximum Gasteiger partial charge on any atom is 0.266 e. The second-order valence-electron chi connectivity index (χ2n) is 8.37. The van der Waals surface area contributed by atoms with Crippen molar-refractivity contribution < 1.29 is 9.13 Å². The first-order chi connectivity index (χ1) is 14.6. The third kappa shape index (κ3) is 3.49. The zero-order valence-electron chi connectivity index (χ0n) is 17.2. The van der Waals surface area contributed by atoms with Gasteiger partial charge in [0, 0.05) is 19.1 Å². The number of ether oxygens (including phenoxy) is 1. The molecule has 0 amide bonds. The van der Waals surface area contributed by atoms with Gasteiger partial charge in [0.25, 0.3) is 5.56 Å². The van der Waals surface area contributed by atoms with Gasteiger partial charge in [-0.3, -0.25) is 9.36 Å². The summed E-state index contributed by atoms with van der Waals surface area (Å²) in [5, 5.41) is 0.268. The highest BCUT2D eigenvalue weighted by molar-refractivity contribution is 5.78. The first-order valence-electron chi connectivity index (χ1n) is 10.8. The number of para-hydroxylation sites is 2. The number of aromatic nitrogens is 2. The highest BCUT2D eigenvalue weighted by atomic mass is 19.1. The molecule has 1 aromatic heterocycles. The SMILES string of the molecule is Cc1nc2ccc(F)cc2c(=O)n1-c1ccccc1OC1CCN(C2CCC2)CC1. The molecule has 0 N–H and O–H groups in total. The van der Waals surface area contributed by atoms with E-state index in [4.69, 9.17) is 4.74 Å². The van der Waals surface area contributed by atoms with Gasteiger partial charge in [-0.15, -0.1) is 0 Å². The van der Waals surface area contributed by atoms with Crippen LogP contribution in [0.2, 0.25) is 0 Å². The van der Waals surface area contributed by atoms with Crippen molar-refractivity contribution in [2.45, 2.75) is 51.2 Å². The number of benzene rings is 2. The molecule has 2 aromatic carbocycles. The molecule has 6 heteroatoms. The summed E-state index contributed by atoms with van der Waals surface area (Å²) in [4.78, 5) is 20.3. The number of halogens is 1. The van der Waals surface area contributed by atoms with E-state index in [-0.39, 0.29) is 17.0 Å². The van der Waals surface area contributed by atoms with Crippen LogP contribution >= 0.6 is 0 Å². The van der Waals surface area contributed by atoms with Crippen LogP contribution in [0, 0.1) is 12.7 Å². The van der Waals surface area contributed by atoms with Crippen molar-refractivity contribution in [2.24, 2.45) is 0 Å². The van der Waals surface area contributed by atoms with Gasteiger partial charge >= 0.3 is 0 Å². The van der Waals surface area contributed by atoms with Crippen molar-refractivity contribution in [3.63, 3.8) is 0 Å². The van der Waals surface area contributed by atoms with Gasteiger partial charge in [-0.2, -0.15) is 0 Å². The standard InChI is InChI=1S/C24H26FN3O2/c1-16-26-21-10-9-17(25)15-20(21)24(29)28(16)22-7-2-3-8-23(22)30-19-11-13-27(14-12-19)18-5-4-6-18/h2-3,7-10,15,18-19H,4-6,11-14H2,1H3. The van der Waals surface area contributed by atoms with Gasteiger partial charge in [0.2, 0.25) is 0 Å². The van der Waals surface area contributed by atoms with E-state index in [2.05, 4.69) is 9.88 Å². The Morgan fingerprint density at radius 2 is 1.83 bits per heavy atom. The molecule has 1 aliphatic carbocycles. The van der Waals surface area contributed by atoms with Crippen molar-refractivity contribution in [1.82, 2.24) is 14.5 Å². The Kier molecular flexibility index (Phi) is 5.03. The third-order valence-corrected chi connectivity index (χ3v) is 6.47. The van der Waals surface area contributed by atoms with Crippen molar-refractivity contribution in [3.05, 3.63) is 64.5 Å². The Hall–Kier alpha value is -2.73. The predicted molar refractivity (Wildman–Crippen MR) is 115 cm³/mol. The summed E-state index contributed by atoms with van der Waals surface area (Å²) in [6.07, 6.45) is 6.11. The fourth-order valence-electron chi connectivity index (χ4n) is 4.58. The average molecular weight is 407 g/mol. The van der Waals surface area contributed by atoms with Gasteiger partial charge in [0.1, 0.15) is 23.5 Å². The highest BCUT2D eigenvalue weighted by Gasteiger charge is 2.29. The molecule has 0 radical (unpaired) electrons. The normalized spacial score (nSPS) is 18.5. The van der Waals surface area contributed by atoms with E-state index in [0.717, 1.165) is 32.0 Å². The van der Waals surface area contributed by atoms with Crippen LogP contribution in [-0.4, -0.2) is 39.7 Å². The van der Waals surface area contributed by atoms with Crippen LogP contribution in [0.4, 0.5) is 4.39 Å². The molecule has 2 aliphatic rings. The molecule has 0 spiro atoms. The first-order valence-corrected chi connectivity index (χ1v) is 10.8. The summed E-state index contributed by atoms with van der Waals surface area (Å²) in [5.41, 5.74) is 0.866. The van der Waals surface area contributed by atoms with Crippen LogP contribution in [0.1, 0.15) is 37.9 Å². The molecule has 30 heavy (non-hydrogen) atoms. The smallest absolute Gasteiger partial charge is 0.266 e. The molecule has 1 saturated heterocycles. The van der Waals surface area contributed by atoms with Crippen LogP contribution in [0.3, 0.4) is 0 Å². The monoisotopic (exact) mass is 407 g/mol. The highest BCUT2D eigenvalue weighted by Crippen LogP contribution is 2.30. The molecule has 1 aliphatic heterocycles. The molecule has 5 rings (SSSR count). The summed E-state index contributed by atoms with van der Waals surface area (Å²) in [6.45, 7) is 3.92. The van der Waals surface area contributed by atoms with Crippen molar-refractivity contribution in [2.75, 3.05) is 13.1 Å². The maximum atomic E-state index is 13.8. The molecular formula is C24H26FN3O2. The van der Waals surface area contributed by atoms with Crippen LogP contribution in [0.25, 0.3) is 16.6 Å². The predicted octanol–water partition coefficient (Wildman–Crippen LogP) is 4.23. The topological polar surface area (TPSA) is 47.4 Å². The molecule has 2 heterocycles. The van der Waals surface area contributed by atoms with Crippen molar-refractivity contribution >= 4 is 10.9 Å². The minimum Gasteiger partial charge on any atom is -0.488 e. The van der Waals surface area contributed by atoms with Gasteiger partial charge in [0.15, 0.2) is 0 Å². The molecule has 2 fully saturated rings. The molecule has 0 atom stereocenters. The lowest BCUT2D eigenvalue weighted by atomic mass is 9.90. The summed E-state index contributed by atoms with van der Waals surface area (Å²) >= 11 is 0. The Bertz CT molecular complexity index is 1130. The third-order valence-electron chi connectivity index (χ3n) is 6.47. The van der Waals surface area contributed by atoms with E-state index < -0.39 is 5.82 Å². The molecular weight excluding hydrogens is 381 g/mol. The zero-order chi connectivity index (χ0) is 20.7. The van der Waals surface area contributed by atoms with Crippen molar-refractivity contribution in [1.29, 1.82) is 0 Å². The maximum absolute atomic E-state index is 13.8. The molecule has 0 bridgehead atoms. The number of fused-ring (bicyclic) bond motifs is 1. The van der Waals surface area contributed by atoms with Crippen molar-refractivity contribution in [3.8, 4) is 11.4 Å². The summed E-state index contributed by atoms with van der Waals surface area (Å²) in [7, 11) is 0. The second kappa shape index (κ2) is 7.84. The quantitative estimate of drug-likeness (QED) is 0.649. The zero-order valence-corrected chi connectivity index (χ0v) is 17.2. The summed E-state index contributed by atoms with van der Waals surface area (Å²) < 4.78 is 21.7. The van der Waals surface area contributed by atoms with Crippen LogP contribution in [0.5, 0.6) is 5.75 Å². The number of likely N-dealkylation sites (tertiary alicyclic amines) is 1. The van der Waals surface area contributed by atoms with E-state index in [1.165, 1.54) is 36.0 Å². The van der Waals surface area contributed by atoms with Gasteiger partial charge in [-0.25, -0.2) is 9.37 Å². The van der Waals surface area contributed by atoms with Gasteiger partial charge in [0.05, 0.1) is 16.6 Å². The van der Waals surface area contributed by atoms with E-state index in [9.17, 15) is 9.18 Å². The average Bonchev–Trinajstić information content (AvgIpc) is 2.70. The minimum atomic E-state index is -0.445. The summed E-state index contributed by atoms with van der Waals surface area (Å²) in [6, 6.07) is 12.4. The molecule has 1 saturated carbocycles. The Morgan fingerprint density at radius 3 is 2.57 bits per heavy atom. The molecule has 156 valence electrons. The second-order valence-corrected chi connectivity index (χ2v) is 8.37. The Morgan fingerprint density at radius 1 is 1.07 bits per heavy atom. The lowest BCUT2D eigenvalue weighted by molar-refractivity contribution is 0.0493. The molecule has 5 nitrogen and oxygen atoms in total. The van der Waals surface area contributed by atoms with Crippen LogP contribution in [-0.2, 0) is 0 Å². The fraction of sp³-hybridized carbons (Fsp3) is 0.417. The number of hydrogen-bond acceptors (Lipinski definition) is 4. The van der Waals surface area contributed by atoms with E-state index >= 15 is 0 Å². The number of piperidine rings is 1. The van der Waals surface area contributed by atoms with E-state index in [1.54, 1.807) is 13.0 Å². The van der Waals surface area contributed by atoms with E-state index in [0.29, 0.717) is 22.8 Å². The number of hydrogen-bond donors (Lipinski definition) is 0. The first kappa shape index (κ1) is 19.2. The lowest BCUT2D eigenvalue weighted by Gasteiger charge is -2.41. The van der Waals surface area contributed by atoms with Crippen LogP contribution in [0.15, 0.2) is 47.3 Å². The van der Waals surface area contributed by atoms with E-state index in [1.807, 2.05) is 24.3 Å². The number of rotatable bonds is 4. The largest absolute Gasteiger partial charge is 0.488 e.